The van der Waals surface area contributed by atoms with E-state index in [4.69, 9.17) is 16.3 Å². The van der Waals surface area contributed by atoms with E-state index >= 15 is 0 Å². The van der Waals surface area contributed by atoms with Gasteiger partial charge in [-0.15, -0.1) is 5.10 Å². The number of ether oxygens (including phenoxy) is 1. The zero-order valence-corrected chi connectivity index (χ0v) is 13.6. The first-order valence-electron chi connectivity index (χ1n) is 7.07. The highest BCUT2D eigenvalue weighted by molar-refractivity contribution is 6.32. The molecular weight excluding hydrogens is 314 g/mol. The van der Waals surface area contributed by atoms with Crippen LogP contribution in [-0.4, -0.2) is 27.1 Å². The van der Waals surface area contributed by atoms with Gasteiger partial charge in [-0.3, -0.25) is 4.98 Å². The first-order valence-corrected chi connectivity index (χ1v) is 7.45. The van der Waals surface area contributed by atoms with Gasteiger partial charge in [0.2, 0.25) is 0 Å². The van der Waals surface area contributed by atoms with Crippen molar-refractivity contribution in [2.24, 2.45) is 0 Å². The van der Waals surface area contributed by atoms with Crippen LogP contribution in [0.25, 0.3) is 5.69 Å². The van der Waals surface area contributed by atoms with Crippen LogP contribution in [0.5, 0.6) is 5.75 Å². The number of aromatic nitrogens is 4. The quantitative estimate of drug-likeness (QED) is 0.778. The highest BCUT2D eigenvalue weighted by Crippen LogP contribution is 2.26. The van der Waals surface area contributed by atoms with Crippen molar-refractivity contribution in [1.82, 2.24) is 20.0 Å². The maximum atomic E-state index is 6.14. The summed E-state index contributed by atoms with van der Waals surface area (Å²) in [5.41, 5.74) is 3.62. The van der Waals surface area contributed by atoms with Crippen molar-refractivity contribution >= 4 is 17.3 Å². The fraction of sp³-hybridized carbons (Fsp3) is 0.188. The number of hydrogen-bond acceptors (Lipinski definition) is 5. The van der Waals surface area contributed by atoms with Gasteiger partial charge in [-0.25, -0.2) is 4.68 Å². The molecule has 7 heteroatoms. The van der Waals surface area contributed by atoms with E-state index in [2.05, 4.69) is 20.6 Å². The molecule has 0 radical (unpaired) electrons. The van der Waals surface area contributed by atoms with Crippen LogP contribution in [0.15, 0.2) is 42.7 Å². The van der Waals surface area contributed by atoms with Gasteiger partial charge in [0.1, 0.15) is 11.4 Å². The molecule has 1 aromatic carbocycles. The van der Waals surface area contributed by atoms with Gasteiger partial charge in [0.05, 0.1) is 30.6 Å². The largest absolute Gasteiger partial charge is 0.495 e. The van der Waals surface area contributed by atoms with Crippen molar-refractivity contribution in [3.8, 4) is 11.4 Å². The Morgan fingerprint density at radius 3 is 2.87 bits per heavy atom. The van der Waals surface area contributed by atoms with Gasteiger partial charge >= 0.3 is 0 Å². The van der Waals surface area contributed by atoms with Gasteiger partial charge in [-0.05, 0) is 37.3 Å². The Bertz CT molecular complexity index is 818. The third-order valence-corrected chi connectivity index (χ3v) is 3.61. The van der Waals surface area contributed by atoms with E-state index in [9.17, 15) is 0 Å². The highest BCUT2D eigenvalue weighted by Gasteiger charge is 2.06. The molecule has 0 spiro atoms. The monoisotopic (exact) mass is 329 g/mol. The summed E-state index contributed by atoms with van der Waals surface area (Å²) in [6.07, 6.45) is 3.63. The molecule has 6 nitrogen and oxygen atoms in total. The Morgan fingerprint density at radius 1 is 1.26 bits per heavy atom. The van der Waals surface area contributed by atoms with Gasteiger partial charge in [0.15, 0.2) is 0 Å². The Labute approximate surface area is 139 Å². The van der Waals surface area contributed by atoms with E-state index < -0.39 is 0 Å². The van der Waals surface area contributed by atoms with E-state index in [1.165, 1.54) is 0 Å². The minimum Gasteiger partial charge on any atom is -0.495 e. The summed E-state index contributed by atoms with van der Waals surface area (Å²) in [6, 6.07) is 9.37. The molecule has 0 bridgehead atoms. The molecule has 0 unspecified atom stereocenters. The third-order valence-electron chi connectivity index (χ3n) is 3.31. The summed E-state index contributed by atoms with van der Waals surface area (Å²) in [5.74, 6) is 0.630. The fourth-order valence-electron chi connectivity index (χ4n) is 2.15. The van der Waals surface area contributed by atoms with E-state index in [0.717, 1.165) is 22.8 Å². The third kappa shape index (κ3) is 3.60. The van der Waals surface area contributed by atoms with Crippen molar-refractivity contribution < 1.29 is 4.74 Å². The molecule has 3 rings (SSSR count). The van der Waals surface area contributed by atoms with Crippen molar-refractivity contribution in [3.05, 3.63) is 59.1 Å². The molecule has 0 saturated heterocycles. The van der Waals surface area contributed by atoms with Crippen molar-refractivity contribution in [1.29, 1.82) is 0 Å². The lowest BCUT2D eigenvalue weighted by molar-refractivity contribution is 0.415. The van der Waals surface area contributed by atoms with Crippen LogP contribution >= 0.6 is 11.6 Å². The Kier molecular flexibility index (Phi) is 4.43. The molecule has 0 amide bonds. The molecular formula is C16H16ClN5O. The number of methoxy groups -OCH3 is 1. The number of aryl methyl sites for hydroxylation is 1. The van der Waals surface area contributed by atoms with Crippen LogP contribution in [0.3, 0.4) is 0 Å². The van der Waals surface area contributed by atoms with E-state index in [0.29, 0.717) is 17.3 Å². The van der Waals surface area contributed by atoms with Crippen LogP contribution < -0.4 is 10.1 Å². The van der Waals surface area contributed by atoms with Gasteiger partial charge in [-0.2, -0.15) is 0 Å². The van der Waals surface area contributed by atoms with Crippen LogP contribution in [0, 0.1) is 6.92 Å². The average molecular weight is 330 g/mol. The van der Waals surface area contributed by atoms with Gasteiger partial charge in [-0.1, -0.05) is 16.8 Å². The summed E-state index contributed by atoms with van der Waals surface area (Å²) in [7, 11) is 1.58. The molecule has 0 atom stereocenters. The van der Waals surface area contributed by atoms with E-state index in [1.807, 2.05) is 31.3 Å². The zero-order valence-electron chi connectivity index (χ0n) is 12.8. The second-order valence-corrected chi connectivity index (χ2v) is 5.42. The summed E-state index contributed by atoms with van der Waals surface area (Å²) in [6.45, 7) is 2.53. The van der Waals surface area contributed by atoms with Gasteiger partial charge in [0, 0.05) is 17.6 Å². The summed E-state index contributed by atoms with van der Waals surface area (Å²) in [5, 5.41) is 12.1. The van der Waals surface area contributed by atoms with Crippen LogP contribution in [0.1, 0.15) is 11.4 Å². The highest BCUT2D eigenvalue weighted by atomic mass is 35.5. The average Bonchev–Trinajstić information content (AvgIpc) is 3.02. The normalized spacial score (nSPS) is 10.6. The Balaban J connectivity index is 1.71. The standard InChI is InChI=1S/C16H16ClN5O/c1-11-7-12(5-6-18-11)19-9-13-10-22(21-20-13)14-3-4-16(23-2)15(17)8-14/h3-8,10H,9H2,1-2H3,(H,18,19). The summed E-state index contributed by atoms with van der Waals surface area (Å²) < 4.78 is 6.83. The SMILES string of the molecule is COc1ccc(-n2cc(CNc3ccnc(C)c3)nn2)cc1Cl. The molecule has 0 aliphatic rings. The fourth-order valence-corrected chi connectivity index (χ4v) is 2.40. The lowest BCUT2D eigenvalue weighted by Crippen LogP contribution is -2.00. The van der Waals surface area contributed by atoms with Crippen LogP contribution in [0.2, 0.25) is 5.02 Å². The van der Waals surface area contributed by atoms with Gasteiger partial charge < -0.3 is 10.1 Å². The maximum Gasteiger partial charge on any atom is 0.137 e. The molecule has 1 N–H and O–H groups in total. The number of anilines is 1. The van der Waals surface area contributed by atoms with E-state index in [1.54, 1.807) is 30.1 Å². The second kappa shape index (κ2) is 6.66. The number of hydrogen-bond donors (Lipinski definition) is 1. The number of nitrogens with one attached hydrogen (secondary N) is 1. The molecule has 0 saturated carbocycles. The molecule has 0 aliphatic heterocycles. The lowest BCUT2D eigenvalue weighted by Gasteiger charge is -2.05. The second-order valence-electron chi connectivity index (χ2n) is 5.01. The predicted octanol–water partition coefficient (Wildman–Crippen LogP) is 3.24. The first kappa shape index (κ1) is 15.3. The molecule has 0 fully saturated rings. The smallest absolute Gasteiger partial charge is 0.137 e. The minimum absolute atomic E-state index is 0.535. The Hall–Kier alpha value is -2.60. The molecule has 0 aliphatic carbocycles. The minimum atomic E-state index is 0.535. The topological polar surface area (TPSA) is 64.9 Å². The van der Waals surface area contributed by atoms with Crippen molar-refractivity contribution in [2.45, 2.75) is 13.5 Å². The molecule has 118 valence electrons. The van der Waals surface area contributed by atoms with Crippen LogP contribution in [0.4, 0.5) is 5.69 Å². The summed E-state index contributed by atoms with van der Waals surface area (Å²) in [4.78, 5) is 4.17. The maximum absolute atomic E-state index is 6.14. The number of rotatable bonds is 5. The zero-order chi connectivity index (χ0) is 16.2. The van der Waals surface area contributed by atoms with Crippen molar-refractivity contribution in [2.75, 3.05) is 12.4 Å². The van der Waals surface area contributed by atoms with E-state index in [-0.39, 0.29) is 0 Å². The van der Waals surface area contributed by atoms with Crippen LogP contribution in [-0.2, 0) is 6.54 Å². The number of nitrogens with zero attached hydrogens (tertiary/aromatic N) is 4. The molecule has 2 heterocycles. The molecule has 2 aromatic heterocycles. The lowest BCUT2D eigenvalue weighted by atomic mass is 10.3. The predicted molar refractivity (Wildman–Crippen MR) is 89.2 cm³/mol. The van der Waals surface area contributed by atoms with Gasteiger partial charge in [0.25, 0.3) is 0 Å². The summed E-state index contributed by atoms with van der Waals surface area (Å²) >= 11 is 6.14. The molecule has 3 aromatic rings. The number of pyridine rings is 1. The number of benzene rings is 1. The Morgan fingerprint density at radius 2 is 2.13 bits per heavy atom. The molecule has 23 heavy (non-hydrogen) atoms. The van der Waals surface area contributed by atoms with Crippen molar-refractivity contribution in [3.63, 3.8) is 0 Å². The first-order chi connectivity index (χ1) is 11.2. The number of halogens is 1.